The van der Waals surface area contributed by atoms with Gasteiger partial charge in [0.2, 0.25) is 5.91 Å². The van der Waals surface area contributed by atoms with Crippen LogP contribution >= 0.6 is 0 Å². The zero-order valence-corrected chi connectivity index (χ0v) is 14.1. The van der Waals surface area contributed by atoms with Crippen molar-refractivity contribution in [1.82, 2.24) is 9.88 Å². The summed E-state index contributed by atoms with van der Waals surface area (Å²) in [6.07, 6.45) is 9.66. The maximum Gasteiger partial charge on any atom is 0.250 e. The fourth-order valence-electron chi connectivity index (χ4n) is 4.11. The first-order valence-electron chi connectivity index (χ1n) is 9.07. The van der Waals surface area contributed by atoms with Gasteiger partial charge in [0.05, 0.1) is 12.6 Å². The summed E-state index contributed by atoms with van der Waals surface area (Å²) < 4.78 is 25.6. The van der Waals surface area contributed by atoms with Crippen LogP contribution in [0.1, 0.15) is 32.1 Å². The number of carbonyl (C=O) groups is 1. The minimum atomic E-state index is -0.490. The van der Waals surface area contributed by atoms with Crippen molar-refractivity contribution in [3.05, 3.63) is 36.3 Å². The fraction of sp³-hybridized carbons (Fsp3) is 0.579. The van der Waals surface area contributed by atoms with E-state index in [-0.39, 0.29) is 30.0 Å². The number of aromatic nitrogens is 1. The van der Waals surface area contributed by atoms with Crippen LogP contribution in [0.15, 0.2) is 30.5 Å². The number of hydrogen-bond acceptors (Lipinski definition) is 4. The molecule has 25 heavy (non-hydrogen) atoms. The molecule has 0 N–H and O–H groups in total. The molecule has 1 aliphatic carbocycles. The Morgan fingerprint density at radius 3 is 3.16 bits per heavy atom. The van der Waals surface area contributed by atoms with Gasteiger partial charge in [-0.05, 0) is 43.7 Å². The van der Waals surface area contributed by atoms with E-state index >= 15 is 0 Å². The van der Waals surface area contributed by atoms with Crippen LogP contribution in [0.25, 0.3) is 0 Å². The van der Waals surface area contributed by atoms with E-state index in [1.165, 1.54) is 18.3 Å². The number of allylic oxidation sites excluding steroid dienone is 2. The summed E-state index contributed by atoms with van der Waals surface area (Å²) in [6, 6.07) is 2.87. The van der Waals surface area contributed by atoms with Crippen molar-refractivity contribution < 1.29 is 18.7 Å². The highest BCUT2D eigenvalue weighted by Crippen LogP contribution is 2.33. The molecule has 3 heterocycles. The van der Waals surface area contributed by atoms with E-state index in [0.29, 0.717) is 25.5 Å². The maximum atomic E-state index is 13.9. The average molecular weight is 346 g/mol. The third-order valence-corrected chi connectivity index (χ3v) is 5.33. The zero-order valence-electron chi connectivity index (χ0n) is 14.1. The molecule has 2 aliphatic heterocycles. The minimum Gasteiger partial charge on any atom is -0.468 e. The summed E-state index contributed by atoms with van der Waals surface area (Å²) in [5.41, 5.74) is 0. The molecule has 0 saturated carbocycles. The van der Waals surface area contributed by atoms with E-state index < -0.39 is 5.82 Å². The van der Waals surface area contributed by atoms with Gasteiger partial charge in [-0.2, -0.15) is 0 Å². The maximum absolute atomic E-state index is 13.9. The molecule has 0 unspecified atom stereocenters. The van der Waals surface area contributed by atoms with Crippen LogP contribution in [-0.2, 0) is 9.53 Å². The number of halogens is 1. The minimum absolute atomic E-state index is 0.0170. The van der Waals surface area contributed by atoms with Crippen molar-refractivity contribution in [1.29, 1.82) is 0 Å². The molecule has 0 spiro atoms. The van der Waals surface area contributed by atoms with Gasteiger partial charge in [-0.3, -0.25) is 4.79 Å². The third kappa shape index (κ3) is 3.40. The van der Waals surface area contributed by atoms with Crippen molar-refractivity contribution >= 4 is 5.91 Å². The number of hydrogen-bond donors (Lipinski definition) is 0. The molecule has 2 fully saturated rings. The van der Waals surface area contributed by atoms with Crippen LogP contribution in [0.5, 0.6) is 5.88 Å². The van der Waals surface area contributed by atoms with Gasteiger partial charge in [0, 0.05) is 19.2 Å². The molecule has 1 aromatic rings. The summed E-state index contributed by atoms with van der Waals surface area (Å²) in [6.45, 7) is 1.08. The Labute approximate surface area is 146 Å². The van der Waals surface area contributed by atoms with E-state index in [9.17, 15) is 9.18 Å². The number of pyridine rings is 1. The van der Waals surface area contributed by atoms with Crippen LogP contribution in [0.4, 0.5) is 4.39 Å². The van der Waals surface area contributed by atoms with Crippen LogP contribution in [0.2, 0.25) is 0 Å². The molecule has 2 saturated heterocycles. The Hall–Kier alpha value is -1.95. The molecule has 1 aromatic heterocycles. The normalized spacial score (nSPS) is 31.2. The average Bonchev–Trinajstić information content (AvgIpc) is 3.25. The lowest BCUT2D eigenvalue weighted by Crippen LogP contribution is -2.44. The molecular weight excluding hydrogens is 323 g/mol. The Morgan fingerprint density at radius 1 is 1.44 bits per heavy atom. The van der Waals surface area contributed by atoms with Crippen LogP contribution in [-0.4, -0.2) is 47.2 Å². The Balaban J connectivity index is 1.48. The number of likely N-dealkylation sites (tertiary alicyclic amines) is 1. The van der Waals surface area contributed by atoms with E-state index in [1.807, 2.05) is 4.90 Å². The van der Waals surface area contributed by atoms with Crippen molar-refractivity contribution in [2.24, 2.45) is 5.92 Å². The first-order chi connectivity index (χ1) is 12.2. The van der Waals surface area contributed by atoms with Crippen LogP contribution in [0.3, 0.4) is 0 Å². The number of rotatable bonds is 4. The van der Waals surface area contributed by atoms with Crippen LogP contribution < -0.4 is 4.74 Å². The first-order valence-corrected chi connectivity index (χ1v) is 9.07. The molecule has 1 amide bonds. The second kappa shape index (κ2) is 7.12. The largest absolute Gasteiger partial charge is 0.468 e. The monoisotopic (exact) mass is 346 g/mol. The number of fused-ring (bicyclic) bond motifs is 1. The molecule has 0 aromatic carbocycles. The standard InChI is InChI=1S/C19H23FN2O3/c20-14-7-3-9-21-19(14)25-16-12-22(15-8-4-10-24-18(15)16)17(23)11-13-5-1-2-6-13/h1,3,5,7,9,13,15-16,18H,2,4,6,8,10-12H2/t13-,15+,16-,18-/m0/s1. The summed E-state index contributed by atoms with van der Waals surface area (Å²) in [5, 5.41) is 0. The van der Waals surface area contributed by atoms with Gasteiger partial charge in [-0.15, -0.1) is 0 Å². The van der Waals surface area contributed by atoms with E-state index in [1.54, 1.807) is 0 Å². The van der Waals surface area contributed by atoms with Crippen molar-refractivity contribution in [3.8, 4) is 5.88 Å². The highest BCUT2D eigenvalue weighted by molar-refractivity contribution is 5.77. The molecular formula is C19H23FN2O3. The van der Waals surface area contributed by atoms with Crippen LogP contribution in [0, 0.1) is 11.7 Å². The highest BCUT2D eigenvalue weighted by Gasteiger charge is 2.47. The lowest BCUT2D eigenvalue weighted by atomic mass is 10.0. The van der Waals surface area contributed by atoms with Gasteiger partial charge in [-0.1, -0.05) is 12.2 Å². The number of amides is 1. The molecule has 134 valence electrons. The molecule has 5 nitrogen and oxygen atoms in total. The molecule has 3 aliphatic rings. The van der Waals surface area contributed by atoms with Gasteiger partial charge in [-0.25, -0.2) is 9.37 Å². The smallest absolute Gasteiger partial charge is 0.250 e. The van der Waals surface area contributed by atoms with Crippen molar-refractivity contribution in [3.63, 3.8) is 0 Å². The van der Waals surface area contributed by atoms with Gasteiger partial charge in [0.15, 0.2) is 5.82 Å². The summed E-state index contributed by atoms with van der Waals surface area (Å²) in [5.74, 6) is -0.0301. The zero-order chi connectivity index (χ0) is 17.2. The SMILES string of the molecule is O=C(C[C@H]1C=CCC1)N1C[C@H](Oc2ncccc2F)[C@H]2OCCC[C@H]21. The lowest BCUT2D eigenvalue weighted by Gasteiger charge is -2.32. The van der Waals surface area contributed by atoms with E-state index in [2.05, 4.69) is 17.1 Å². The lowest BCUT2D eigenvalue weighted by molar-refractivity contribution is -0.135. The topological polar surface area (TPSA) is 51.7 Å². The number of ether oxygens (including phenoxy) is 2. The summed E-state index contributed by atoms with van der Waals surface area (Å²) in [7, 11) is 0. The third-order valence-electron chi connectivity index (χ3n) is 5.33. The van der Waals surface area contributed by atoms with E-state index in [4.69, 9.17) is 9.47 Å². The number of nitrogens with zero attached hydrogens (tertiary/aromatic N) is 2. The van der Waals surface area contributed by atoms with Gasteiger partial charge in [0.25, 0.3) is 5.88 Å². The Kier molecular flexibility index (Phi) is 4.70. The van der Waals surface area contributed by atoms with Crippen molar-refractivity contribution in [2.75, 3.05) is 13.2 Å². The molecule has 0 bridgehead atoms. The second-order valence-electron chi connectivity index (χ2n) is 7.01. The van der Waals surface area contributed by atoms with Gasteiger partial charge in [0.1, 0.15) is 12.2 Å². The fourth-order valence-corrected chi connectivity index (χ4v) is 4.11. The second-order valence-corrected chi connectivity index (χ2v) is 7.01. The predicted octanol–water partition coefficient (Wildman–Crippen LogP) is 2.71. The molecule has 4 atom stereocenters. The summed E-state index contributed by atoms with van der Waals surface area (Å²) in [4.78, 5) is 18.7. The van der Waals surface area contributed by atoms with Gasteiger partial charge >= 0.3 is 0 Å². The predicted molar refractivity (Wildman–Crippen MR) is 89.6 cm³/mol. The Morgan fingerprint density at radius 2 is 2.36 bits per heavy atom. The molecule has 4 rings (SSSR count). The molecule has 0 radical (unpaired) electrons. The highest BCUT2D eigenvalue weighted by atomic mass is 19.1. The first kappa shape index (κ1) is 16.5. The Bertz CT molecular complexity index is 666. The van der Waals surface area contributed by atoms with E-state index in [0.717, 1.165) is 25.7 Å². The molecule has 6 heteroatoms. The van der Waals surface area contributed by atoms with Crippen molar-refractivity contribution in [2.45, 2.75) is 50.4 Å². The summed E-state index contributed by atoms with van der Waals surface area (Å²) >= 11 is 0. The number of carbonyl (C=O) groups excluding carboxylic acids is 1. The van der Waals surface area contributed by atoms with Gasteiger partial charge < -0.3 is 14.4 Å². The quantitative estimate of drug-likeness (QED) is 0.787.